The third-order valence-electron chi connectivity index (χ3n) is 1.000. The third kappa shape index (κ3) is 263. The zero-order valence-corrected chi connectivity index (χ0v) is 32.9. The molecule has 0 aromatic rings. The minimum Gasteiger partial charge on any atom is -0.358 e. The van der Waals surface area contributed by atoms with E-state index in [4.69, 9.17) is 0 Å². The number of rotatable bonds is 2. The van der Waals surface area contributed by atoms with Gasteiger partial charge in [-0.2, -0.15) is 0 Å². The smallest absolute Gasteiger partial charge is 0 e. The van der Waals surface area contributed by atoms with E-state index in [1.54, 1.807) is 0 Å². The van der Waals surface area contributed by atoms with Gasteiger partial charge < -0.3 is 44.6 Å². The van der Waals surface area contributed by atoms with Crippen LogP contribution in [0.3, 0.4) is 0 Å². The van der Waals surface area contributed by atoms with Gasteiger partial charge in [-0.15, -0.1) is 0 Å². The summed E-state index contributed by atoms with van der Waals surface area (Å²) in [5, 5.41) is 0. The van der Waals surface area contributed by atoms with Crippen LogP contribution < -0.4 is 0 Å². The van der Waals surface area contributed by atoms with Crippen LogP contribution in [-0.2, 0) is 126 Å². The standard InChI is InChI=1S/2C4H10.6CH3.6W/c2*1-3-4-2;;;;;;;;;;;;/h2*3-4H2,1-2H3;6*1H3;;;;;;/q;;6*-1;;;;;;. The normalized spacial score (nSPS) is 3.00. The maximum Gasteiger partial charge on any atom is 0 e. The number of unbranched alkanes of at least 4 members (excludes halogenated alkanes) is 2. The molecule has 0 aromatic heterocycles. The molecule has 0 aliphatic carbocycles. The van der Waals surface area contributed by atoms with Crippen molar-refractivity contribution in [3.05, 3.63) is 44.6 Å². The largest absolute Gasteiger partial charge is 0.358 e. The van der Waals surface area contributed by atoms with Gasteiger partial charge in [-0.05, 0) is 0 Å². The molecule has 0 nitrogen and oxygen atoms in total. The monoisotopic (exact) mass is 1310 g/mol. The van der Waals surface area contributed by atoms with Gasteiger partial charge in [0.2, 0.25) is 0 Å². The molecule has 0 spiro atoms. The Bertz CT molecular complexity index is 25.6. The van der Waals surface area contributed by atoms with E-state index in [1.165, 1.54) is 25.7 Å². The molecule has 0 bridgehead atoms. The van der Waals surface area contributed by atoms with Crippen LogP contribution in [0.15, 0.2) is 0 Å². The summed E-state index contributed by atoms with van der Waals surface area (Å²) < 4.78 is 0. The molecule has 20 heavy (non-hydrogen) atoms. The van der Waals surface area contributed by atoms with Crippen LogP contribution in [-0.4, -0.2) is 0 Å². The summed E-state index contributed by atoms with van der Waals surface area (Å²) in [6.45, 7) is 8.72. The molecule has 0 rings (SSSR count). The van der Waals surface area contributed by atoms with Gasteiger partial charge in [0.1, 0.15) is 0 Å². The van der Waals surface area contributed by atoms with Crippen LogP contribution in [0.2, 0.25) is 0 Å². The van der Waals surface area contributed by atoms with Gasteiger partial charge in [-0.3, -0.25) is 0 Å². The summed E-state index contributed by atoms with van der Waals surface area (Å²) >= 11 is 0. The average molecular weight is 1310 g/mol. The molecule has 136 valence electrons. The molecule has 0 aliphatic heterocycles. The second kappa shape index (κ2) is 171. The molecule has 0 amide bonds. The molecule has 0 aliphatic rings. The quantitative estimate of drug-likeness (QED) is 0.286. The first-order chi connectivity index (χ1) is 3.83. The van der Waals surface area contributed by atoms with E-state index in [0.717, 1.165) is 0 Å². The molecular formula is C14H38W6-6. The Balaban J connectivity index is -0.00000000187. The topological polar surface area (TPSA) is 0 Å². The predicted molar refractivity (Wildman–Crippen MR) is 79.6 cm³/mol. The Morgan fingerprint density at radius 2 is 0.350 bits per heavy atom. The molecule has 6 heteroatoms. The van der Waals surface area contributed by atoms with Crippen molar-refractivity contribution in [1.29, 1.82) is 0 Å². The zero-order valence-electron chi connectivity index (χ0n) is 15.3. The van der Waals surface area contributed by atoms with Crippen molar-refractivity contribution in [3.63, 3.8) is 0 Å². The van der Waals surface area contributed by atoms with E-state index in [0.29, 0.717) is 0 Å². The minimum absolute atomic E-state index is 0. The fraction of sp³-hybridized carbons (Fsp3) is 0.571. The van der Waals surface area contributed by atoms with Crippen molar-refractivity contribution >= 4 is 0 Å². The molecule has 0 atom stereocenters. The molecule has 0 unspecified atom stereocenters. The van der Waals surface area contributed by atoms with E-state index in [1.807, 2.05) is 0 Å². The molecule has 0 fully saturated rings. The van der Waals surface area contributed by atoms with Crippen molar-refractivity contribution in [1.82, 2.24) is 0 Å². The van der Waals surface area contributed by atoms with Crippen LogP contribution in [0.4, 0.5) is 0 Å². The van der Waals surface area contributed by atoms with Gasteiger partial charge in [0.15, 0.2) is 0 Å². The Morgan fingerprint density at radius 3 is 0.350 bits per heavy atom. The summed E-state index contributed by atoms with van der Waals surface area (Å²) in [7, 11) is 0. The van der Waals surface area contributed by atoms with Gasteiger partial charge in [0, 0.05) is 126 Å². The van der Waals surface area contributed by atoms with Crippen LogP contribution in [0, 0.1) is 44.6 Å². The van der Waals surface area contributed by atoms with Crippen molar-refractivity contribution in [2.75, 3.05) is 0 Å². The summed E-state index contributed by atoms with van der Waals surface area (Å²) in [5.74, 6) is 0. The first kappa shape index (κ1) is 126. The Hall–Kier alpha value is 4.13. The van der Waals surface area contributed by atoms with E-state index in [-0.39, 0.29) is 171 Å². The van der Waals surface area contributed by atoms with Gasteiger partial charge in [-0.1, -0.05) is 53.4 Å². The van der Waals surface area contributed by atoms with E-state index >= 15 is 0 Å². The fourth-order valence-electron chi connectivity index (χ4n) is 0. The van der Waals surface area contributed by atoms with Crippen molar-refractivity contribution < 1.29 is 126 Å². The Kier molecular flexibility index (Phi) is 1080. The van der Waals surface area contributed by atoms with Crippen LogP contribution in [0.1, 0.15) is 53.4 Å². The number of hydrogen-bond acceptors (Lipinski definition) is 0. The zero-order chi connectivity index (χ0) is 6.83. The second-order valence-electron chi connectivity index (χ2n) is 2.00. The first-order valence-electron chi connectivity index (χ1n) is 3.83. The van der Waals surface area contributed by atoms with Gasteiger partial charge in [0.05, 0.1) is 0 Å². The van der Waals surface area contributed by atoms with E-state index in [2.05, 4.69) is 27.7 Å². The van der Waals surface area contributed by atoms with Crippen molar-refractivity contribution in [2.45, 2.75) is 53.4 Å². The predicted octanol–water partition coefficient (Wildman–Crippen LogP) is 6.30. The van der Waals surface area contributed by atoms with E-state index < -0.39 is 0 Å². The Labute approximate surface area is 221 Å². The van der Waals surface area contributed by atoms with Crippen molar-refractivity contribution in [3.8, 4) is 0 Å². The van der Waals surface area contributed by atoms with Gasteiger partial charge in [-0.25, -0.2) is 0 Å². The van der Waals surface area contributed by atoms with E-state index in [9.17, 15) is 0 Å². The minimum atomic E-state index is 0. The van der Waals surface area contributed by atoms with Crippen LogP contribution >= 0.6 is 0 Å². The summed E-state index contributed by atoms with van der Waals surface area (Å²) in [5.41, 5.74) is 0. The fourth-order valence-corrected chi connectivity index (χ4v) is 0. The van der Waals surface area contributed by atoms with Crippen LogP contribution in [0.5, 0.6) is 0 Å². The molecule has 0 N–H and O–H groups in total. The summed E-state index contributed by atoms with van der Waals surface area (Å²) in [6.07, 6.45) is 5.28. The van der Waals surface area contributed by atoms with Gasteiger partial charge >= 0.3 is 0 Å². The average Bonchev–Trinajstić information content (AvgIpc) is 1.88. The Morgan fingerprint density at radius 1 is 0.300 bits per heavy atom. The second-order valence-corrected chi connectivity index (χ2v) is 2.00. The maximum absolute atomic E-state index is 2.18. The van der Waals surface area contributed by atoms with Crippen molar-refractivity contribution in [2.24, 2.45) is 0 Å². The molecule has 0 aromatic carbocycles. The molecule has 0 heterocycles. The molecule has 0 radical (unpaired) electrons. The summed E-state index contributed by atoms with van der Waals surface area (Å²) in [4.78, 5) is 0. The first-order valence-corrected chi connectivity index (χ1v) is 3.83. The number of hydrogen-bond donors (Lipinski definition) is 0. The SMILES string of the molecule is CCCC.CCCC.[CH3-].[CH3-].[CH3-].[CH3-].[CH3-].[CH3-].[W].[W].[W].[W].[W].[W]. The summed E-state index contributed by atoms with van der Waals surface area (Å²) in [6, 6.07) is 0. The maximum atomic E-state index is 2.18. The third-order valence-corrected chi connectivity index (χ3v) is 1.000. The molecular weight excluding hydrogens is 1270 g/mol. The van der Waals surface area contributed by atoms with Crippen LogP contribution in [0.25, 0.3) is 0 Å². The molecule has 0 saturated carbocycles. The molecule has 0 saturated heterocycles. The van der Waals surface area contributed by atoms with Gasteiger partial charge in [0.25, 0.3) is 0 Å².